The van der Waals surface area contributed by atoms with Crippen molar-refractivity contribution in [2.75, 3.05) is 25.6 Å². The van der Waals surface area contributed by atoms with Crippen LogP contribution in [0.15, 0.2) is 53.4 Å². The first kappa shape index (κ1) is 19.3. The van der Waals surface area contributed by atoms with Crippen LogP contribution in [-0.4, -0.2) is 40.7 Å². The highest BCUT2D eigenvalue weighted by Gasteiger charge is 2.21. The van der Waals surface area contributed by atoms with Crippen LogP contribution in [-0.2, 0) is 14.8 Å². The second-order valence-corrected chi connectivity index (χ2v) is 7.94. The third kappa shape index (κ3) is 4.85. The van der Waals surface area contributed by atoms with E-state index in [1.165, 1.54) is 25.3 Å². The van der Waals surface area contributed by atoms with Gasteiger partial charge < -0.3 is 14.8 Å². The highest BCUT2D eigenvalue weighted by Crippen LogP contribution is 2.28. The Morgan fingerprint density at radius 3 is 2.67 bits per heavy atom. The van der Waals surface area contributed by atoms with E-state index in [-0.39, 0.29) is 29.1 Å². The molecular weight excluding hydrogens is 368 g/mol. The molecule has 7 nitrogen and oxygen atoms in total. The maximum absolute atomic E-state index is 12.6. The van der Waals surface area contributed by atoms with Gasteiger partial charge >= 0.3 is 0 Å². The minimum Gasteiger partial charge on any atom is -0.495 e. The van der Waals surface area contributed by atoms with E-state index in [4.69, 9.17) is 9.47 Å². The molecule has 0 aromatic heterocycles. The average molecular weight is 390 g/mol. The lowest BCUT2D eigenvalue weighted by molar-refractivity contribution is 0.102. The molecule has 1 heterocycles. The van der Waals surface area contributed by atoms with Crippen LogP contribution in [0.5, 0.6) is 5.75 Å². The quantitative estimate of drug-likeness (QED) is 0.757. The van der Waals surface area contributed by atoms with Crippen molar-refractivity contribution in [3.8, 4) is 5.75 Å². The molecule has 0 spiro atoms. The summed E-state index contributed by atoms with van der Waals surface area (Å²) in [5.74, 6) is 0.0214. The molecule has 1 amide bonds. The van der Waals surface area contributed by atoms with E-state index in [1.807, 2.05) is 6.07 Å². The Morgan fingerprint density at radius 1 is 1.22 bits per heavy atom. The lowest BCUT2D eigenvalue weighted by atomic mass is 10.2. The van der Waals surface area contributed by atoms with Gasteiger partial charge in [0, 0.05) is 18.7 Å². The third-order valence-electron chi connectivity index (χ3n) is 4.29. The van der Waals surface area contributed by atoms with Crippen molar-refractivity contribution < 1.29 is 22.7 Å². The summed E-state index contributed by atoms with van der Waals surface area (Å²) in [7, 11) is -2.28. The number of ether oxygens (including phenoxy) is 2. The molecule has 1 fully saturated rings. The van der Waals surface area contributed by atoms with Crippen molar-refractivity contribution in [2.45, 2.75) is 23.8 Å². The predicted molar refractivity (Wildman–Crippen MR) is 102 cm³/mol. The molecule has 1 aliphatic rings. The second kappa shape index (κ2) is 8.51. The summed E-state index contributed by atoms with van der Waals surface area (Å²) in [6, 6.07) is 13.0. The first-order valence-corrected chi connectivity index (χ1v) is 10.1. The van der Waals surface area contributed by atoms with Gasteiger partial charge in [0.2, 0.25) is 10.0 Å². The first-order valence-electron chi connectivity index (χ1n) is 8.65. The van der Waals surface area contributed by atoms with E-state index >= 15 is 0 Å². The van der Waals surface area contributed by atoms with Crippen LogP contribution in [0.25, 0.3) is 0 Å². The Balaban J connectivity index is 1.78. The van der Waals surface area contributed by atoms with Crippen LogP contribution >= 0.6 is 0 Å². The summed E-state index contributed by atoms with van der Waals surface area (Å²) in [4.78, 5) is 12.4. The van der Waals surface area contributed by atoms with Gasteiger partial charge in [-0.1, -0.05) is 18.2 Å². The van der Waals surface area contributed by atoms with Crippen molar-refractivity contribution in [1.29, 1.82) is 0 Å². The molecule has 2 aromatic rings. The van der Waals surface area contributed by atoms with Crippen molar-refractivity contribution in [3.63, 3.8) is 0 Å². The minimum absolute atomic E-state index is 0.0460. The maximum atomic E-state index is 12.6. The van der Waals surface area contributed by atoms with Gasteiger partial charge in [-0.15, -0.1) is 0 Å². The lowest BCUT2D eigenvalue weighted by Crippen LogP contribution is -2.31. The van der Waals surface area contributed by atoms with Gasteiger partial charge in [-0.3, -0.25) is 4.79 Å². The third-order valence-corrected chi connectivity index (χ3v) is 5.71. The Morgan fingerprint density at radius 2 is 2.00 bits per heavy atom. The number of amides is 1. The summed E-state index contributed by atoms with van der Waals surface area (Å²) >= 11 is 0. The van der Waals surface area contributed by atoms with Gasteiger partial charge in [0.25, 0.3) is 5.91 Å². The molecule has 144 valence electrons. The molecule has 0 aliphatic carbocycles. The molecule has 27 heavy (non-hydrogen) atoms. The average Bonchev–Trinajstić information content (AvgIpc) is 3.21. The molecule has 3 rings (SSSR count). The SMILES string of the molecule is COc1ccc(S(=O)(=O)NC[C@H]2CCCO2)cc1NC(=O)c1ccccc1. The topological polar surface area (TPSA) is 93.7 Å². The zero-order valence-electron chi connectivity index (χ0n) is 15.0. The molecule has 8 heteroatoms. The van der Waals surface area contributed by atoms with Gasteiger partial charge in [-0.25, -0.2) is 13.1 Å². The Labute approximate surface area is 158 Å². The number of rotatable bonds is 7. The zero-order valence-corrected chi connectivity index (χ0v) is 15.8. The first-order chi connectivity index (χ1) is 13.0. The van der Waals surface area contributed by atoms with E-state index < -0.39 is 10.0 Å². The molecule has 2 N–H and O–H groups in total. The number of carbonyl (C=O) groups excluding carboxylic acids is 1. The molecular formula is C19H22N2O5S. The fourth-order valence-electron chi connectivity index (χ4n) is 2.83. The number of anilines is 1. The van der Waals surface area contributed by atoms with E-state index in [0.29, 0.717) is 17.9 Å². The number of hydrogen-bond donors (Lipinski definition) is 2. The monoisotopic (exact) mass is 390 g/mol. The molecule has 1 saturated heterocycles. The largest absolute Gasteiger partial charge is 0.495 e. The summed E-state index contributed by atoms with van der Waals surface area (Å²) in [5, 5.41) is 2.71. The highest BCUT2D eigenvalue weighted by molar-refractivity contribution is 7.89. The standard InChI is InChI=1S/C19H22N2O5S/c1-25-18-10-9-16(27(23,24)20-13-15-8-5-11-26-15)12-17(18)21-19(22)14-6-3-2-4-7-14/h2-4,6-7,9-10,12,15,20H,5,8,11,13H2,1H3,(H,21,22)/t15-/m1/s1. The fraction of sp³-hybridized carbons (Fsp3) is 0.316. The minimum atomic E-state index is -3.73. The lowest BCUT2D eigenvalue weighted by Gasteiger charge is -2.14. The van der Waals surface area contributed by atoms with Gasteiger partial charge in [0.15, 0.2) is 0 Å². The normalized spacial score (nSPS) is 16.9. The van der Waals surface area contributed by atoms with Crippen LogP contribution < -0.4 is 14.8 Å². The summed E-state index contributed by atoms with van der Waals surface area (Å²) in [6.45, 7) is 0.880. The Kier molecular flexibility index (Phi) is 6.10. The Hall–Kier alpha value is -2.42. The van der Waals surface area contributed by atoms with Crippen molar-refractivity contribution in [3.05, 3.63) is 54.1 Å². The smallest absolute Gasteiger partial charge is 0.255 e. The van der Waals surface area contributed by atoms with Crippen LogP contribution in [0.3, 0.4) is 0 Å². The summed E-state index contributed by atoms with van der Waals surface area (Å²) in [5.41, 5.74) is 0.746. The fourth-order valence-corrected chi connectivity index (χ4v) is 3.92. The number of hydrogen-bond acceptors (Lipinski definition) is 5. The number of sulfonamides is 1. The highest BCUT2D eigenvalue weighted by atomic mass is 32.2. The maximum Gasteiger partial charge on any atom is 0.255 e. The molecule has 0 radical (unpaired) electrons. The molecule has 2 aromatic carbocycles. The van der Waals surface area contributed by atoms with Gasteiger partial charge in [0.05, 0.1) is 23.8 Å². The van der Waals surface area contributed by atoms with E-state index in [1.54, 1.807) is 24.3 Å². The Bertz CT molecular complexity index is 894. The zero-order chi connectivity index (χ0) is 19.3. The van der Waals surface area contributed by atoms with Gasteiger partial charge in [-0.05, 0) is 43.2 Å². The van der Waals surface area contributed by atoms with Crippen LogP contribution in [0.1, 0.15) is 23.2 Å². The van der Waals surface area contributed by atoms with Crippen molar-refractivity contribution in [1.82, 2.24) is 4.72 Å². The molecule has 0 bridgehead atoms. The van der Waals surface area contributed by atoms with Crippen molar-refractivity contribution in [2.24, 2.45) is 0 Å². The van der Waals surface area contributed by atoms with E-state index in [0.717, 1.165) is 12.8 Å². The summed E-state index contributed by atoms with van der Waals surface area (Å²) < 4.78 is 38.4. The molecule has 1 atom stereocenters. The molecule has 0 saturated carbocycles. The number of carbonyl (C=O) groups is 1. The van der Waals surface area contributed by atoms with Crippen molar-refractivity contribution >= 4 is 21.6 Å². The second-order valence-electron chi connectivity index (χ2n) is 6.17. The number of nitrogens with one attached hydrogen (secondary N) is 2. The molecule has 1 aliphatic heterocycles. The van der Waals surface area contributed by atoms with E-state index in [2.05, 4.69) is 10.0 Å². The van der Waals surface area contributed by atoms with Crippen LogP contribution in [0.4, 0.5) is 5.69 Å². The van der Waals surface area contributed by atoms with Gasteiger partial charge in [-0.2, -0.15) is 0 Å². The number of benzene rings is 2. The van der Waals surface area contributed by atoms with Crippen LogP contribution in [0.2, 0.25) is 0 Å². The predicted octanol–water partition coefficient (Wildman–Crippen LogP) is 2.40. The van der Waals surface area contributed by atoms with Gasteiger partial charge in [0.1, 0.15) is 5.75 Å². The van der Waals surface area contributed by atoms with Crippen LogP contribution in [0, 0.1) is 0 Å². The number of methoxy groups -OCH3 is 1. The summed E-state index contributed by atoms with van der Waals surface area (Å²) in [6.07, 6.45) is 1.67. The molecule has 0 unspecified atom stereocenters. The van der Waals surface area contributed by atoms with E-state index in [9.17, 15) is 13.2 Å².